The second-order valence-corrected chi connectivity index (χ2v) is 6.48. The highest BCUT2D eigenvalue weighted by Crippen LogP contribution is 2.28. The highest BCUT2D eigenvalue weighted by molar-refractivity contribution is 6.33. The van der Waals surface area contributed by atoms with Gasteiger partial charge in [-0.3, -0.25) is 4.79 Å². The van der Waals surface area contributed by atoms with Crippen LogP contribution >= 0.6 is 11.6 Å². The van der Waals surface area contributed by atoms with Crippen molar-refractivity contribution < 1.29 is 14.7 Å². The van der Waals surface area contributed by atoms with Crippen molar-refractivity contribution in [2.75, 3.05) is 5.32 Å². The lowest BCUT2D eigenvalue weighted by molar-refractivity contribution is -0.142. The minimum Gasteiger partial charge on any atom is -0.481 e. The Bertz CT molecular complexity index is 755. The number of amides is 2. The van der Waals surface area contributed by atoms with Gasteiger partial charge in [-0.1, -0.05) is 17.7 Å². The van der Waals surface area contributed by atoms with Gasteiger partial charge < -0.3 is 15.7 Å². The van der Waals surface area contributed by atoms with Crippen LogP contribution in [0, 0.1) is 5.92 Å². The monoisotopic (exact) mass is 362 g/mol. The fourth-order valence-electron chi connectivity index (χ4n) is 3.08. The maximum Gasteiger partial charge on any atom is 0.319 e. The van der Waals surface area contributed by atoms with E-state index in [1.807, 2.05) is 0 Å². The van der Waals surface area contributed by atoms with Crippen molar-refractivity contribution in [3.63, 3.8) is 0 Å². The van der Waals surface area contributed by atoms with Crippen molar-refractivity contribution in [1.82, 2.24) is 15.1 Å². The fraction of sp³-hybridized carbons (Fsp3) is 0.353. The number of urea groups is 1. The van der Waals surface area contributed by atoms with E-state index in [2.05, 4.69) is 15.7 Å². The van der Waals surface area contributed by atoms with Crippen LogP contribution in [-0.2, 0) is 4.79 Å². The van der Waals surface area contributed by atoms with Crippen molar-refractivity contribution in [3.05, 3.63) is 41.7 Å². The van der Waals surface area contributed by atoms with E-state index in [0.717, 1.165) is 0 Å². The summed E-state index contributed by atoms with van der Waals surface area (Å²) in [4.78, 5) is 23.3. The van der Waals surface area contributed by atoms with Crippen molar-refractivity contribution in [1.29, 1.82) is 0 Å². The molecule has 1 aromatic carbocycles. The molecule has 1 aliphatic carbocycles. The van der Waals surface area contributed by atoms with Crippen LogP contribution in [0.1, 0.15) is 25.7 Å². The largest absolute Gasteiger partial charge is 0.481 e. The first-order valence-corrected chi connectivity index (χ1v) is 8.51. The van der Waals surface area contributed by atoms with Crippen LogP contribution in [0.2, 0.25) is 5.02 Å². The molecule has 1 aromatic heterocycles. The van der Waals surface area contributed by atoms with Crippen LogP contribution in [0.3, 0.4) is 0 Å². The molecule has 0 aliphatic heterocycles. The molecule has 25 heavy (non-hydrogen) atoms. The number of nitrogens with zero attached hydrogens (tertiary/aromatic N) is 2. The van der Waals surface area contributed by atoms with E-state index in [0.29, 0.717) is 42.1 Å². The molecule has 0 radical (unpaired) electrons. The summed E-state index contributed by atoms with van der Waals surface area (Å²) in [6.07, 6.45) is 5.86. The Kier molecular flexibility index (Phi) is 5.23. The number of aromatic nitrogens is 2. The number of aliphatic carboxylic acids is 1. The van der Waals surface area contributed by atoms with Gasteiger partial charge in [0.15, 0.2) is 0 Å². The quantitative estimate of drug-likeness (QED) is 0.777. The number of carbonyl (C=O) groups is 2. The molecule has 1 saturated carbocycles. The Labute approximate surface area is 150 Å². The van der Waals surface area contributed by atoms with Gasteiger partial charge in [0.2, 0.25) is 0 Å². The summed E-state index contributed by atoms with van der Waals surface area (Å²) < 4.78 is 1.59. The van der Waals surface area contributed by atoms with Gasteiger partial charge in [-0.2, -0.15) is 5.10 Å². The molecule has 0 saturated heterocycles. The third kappa shape index (κ3) is 4.11. The van der Waals surface area contributed by atoms with Gasteiger partial charge in [0.1, 0.15) is 5.69 Å². The molecular formula is C17H19ClN4O3. The third-order valence-corrected chi connectivity index (χ3v) is 4.69. The minimum absolute atomic E-state index is 0.0251. The first-order chi connectivity index (χ1) is 12.0. The summed E-state index contributed by atoms with van der Waals surface area (Å²) in [7, 11) is 0. The maximum absolute atomic E-state index is 12.3. The number of rotatable bonds is 4. The lowest BCUT2D eigenvalue weighted by Crippen LogP contribution is -2.41. The molecule has 2 aromatic rings. The number of anilines is 1. The summed E-state index contributed by atoms with van der Waals surface area (Å²) in [6.45, 7) is 0. The standard InChI is InChI=1S/C17H19ClN4O3/c18-13-3-1-4-14(15(13)22-10-2-9-19-22)21-17(25)20-12-7-5-11(6-8-12)16(23)24/h1-4,9-12H,5-8H2,(H,23,24)(H2,20,21,25). The molecule has 3 N–H and O–H groups in total. The number of hydrogen-bond acceptors (Lipinski definition) is 3. The molecule has 8 heteroatoms. The number of carboxylic acid groups (broad SMARTS) is 1. The van der Waals surface area contributed by atoms with Crippen LogP contribution in [0.25, 0.3) is 5.69 Å². The number of carbonyl (C=O) groups excluding carboxylic acids is 1. The SMILES string of the molecule is O=C(Nc1cccc(Cl)c1-n1cccn1)NC1CCC(C(=O)O)CC1. The van der Waals surface area contributed by atoms with Gasteiger partial charge in [-0.05, 0) is 43.9 Å². The lowest BCUT2D eigenvalue weighted by Gasteiger charge is -2.27. The zero-order valence-electron chi connectivity index (χ0n) is 13.5. The number of benzene rings is 1. The van der Waals surface area contributed by atoms with Crippen LogP contribution in [0.5, 0.6) is 0 Å². The van der Waals surface area contributed by atoms with Gasteiger partial charge in [0.05, 0.1) is 16.6 Å². The molecule has 2 amide bonds. The number of para-hydroxylation sites is 1. The smallest absolute Gasteiger partial charge is 0.319 e. The van der Waals surface area contributed by atoms with Crippen LogP contribution in [0.15, 0.2) is 36.7 Å². The summed E-state index contributed by atoms with van der Waals surface area (Å²) in [5.74, 6) is -1.06. The van der Waals surface area contributed by atoms with Gasteiger partial charge in [0.25, 0.3) is 0 Å². The predicted molar refractivity (Wildman–Crippen MR) is 94.1 cm³/mol. The topological polar surface area (TPSA) is 96.3 Å². The lowest BCUT2D eigenvalue weighted by atomic mass is 9.86. The average Bonchev–Trinajstić information content (AvgIpc) is 3.09. The van der Waals surface area contributed by atoms with E-state index in [9.17, 15) is 9.59 Å². The molecule has 3 rings (SSSR count). The Hall–Kier alpha value is -2.54. The molecule has 0 bridgehead atoms. The van der Waals surface area contributed by atoms with Gasteiger partial charge in [-0.15, -0.1) is 0 Å². The number of halogens is 1. The van der Waals surface area contributed by atoms with E-state index in [1.165, 1.54) is 0 Å². The van der Waals surface area contributed by atoms with E-state index in [4.69, 9.17) is 16.7 Å². The molecule has 0 unspecified atom stereocenters. The second kappa shape index (κ2) is 7.57. The van der Waals surface area contributed by atoms with E-state index in [1.54, 1.807) is 41.3 Å². The maximum atomic E-state index is 12.3. The summed E-state index contributed by atoms with van der Waals surface area (Å²) >= 11 is 6.25. The molecular weight excluding hydrogens is 344 g/mol. The van der Waals surface area contributed by atoms with E-state index in [-0.39, 0.29) is 18.0 Å². The zero-order valence-corrected chi connectivity index (χ0v) is 14.2. The molecule has 1 fully saturated rings. The first-order valence-electron chi connectivity index (χ1n) is 8.13. The summed E-state index contributed by atoms with van der Waals surface area (Å²) in [6, 6.07) is 6.65. The van der Waals surface area contributed by atoms with Crippen molar-refractivity contribution in [2.45, 2.75) is 31.7 Å². The second-order valence-electron chi connectivity index (χ2n) is 6.07. The summed E-state index contributed by atoms with van der Waals surface area (Å²) in [5.41, 5.74) is 1.15. The molecule has 1 aliphatic rings. The molecule has 1 heterocycles. The van der Waals surface area contributed by atoms with Crippen molar-refractivity contribution in [3.8, 4) is 5.69 Å². The predicted octanol–water partition coefficient (Wildman–Crippen LogP) is 3.29. The Morgan fingerprint density at radius 1 is 1.20 bits per heavy atom. The molecule has 132 valence electrons. The Balaban J connectivity index is 1.64. The number of carboxylic acids is 1. The third-order valence-electron chi connectivity index (χ3n) is 4.38. The van der Waals surface area contributed by atoms with E-state index < -0.39 is 5.97 Å². The van der Waals surface area contributed by atoms with Gasteiger partial charge in [-0.25, -0.2) is 9.48 Å². The normalized spacial score (nSPS) is 20.0. The zero-order chi connectivity index (χ0) is 17.8. The van der Waals surface area contributed by atoms with Crippen molar-refractivity contribution >= 4 is 29.3 Å². The van der Waals surface area contributed by atoms with E-state index >= 15 is 0 Å². The fourth-order valence-corrected chi connectivity index (χ4v) is 3.34. The molecule has 0 spiro atoms. The molecule has 7 nitrogen and oxygen atoms in total. The Morgan fingerprint density at radius 3 is 2.60 bits per heavy atom. The van der Waals surface area contributed by atoms with Gasteiger partial charge in [0, 0.05) is 18.4 Å². The highest BCUT2D eigenvalue weighted by atomic mass is 35.5. The minimum atomic E-state index is -0.759. The van der Waals surface area contributed by atoms with Gasteiger partial charge >= 0.3 is 12.0 Å². The highest BCUT2D eigenvalue weighted by Gasteiger charge is 2.26. The Morgan fingerprint density at radius 2 is 1.96 bits per heavy atom. The summed E-state index contributed by atoms with van der Waals surface area (Å²) in [5, 5.41) is 19.4. The van der Waals surface area contributed by atoms with Crippen LogP contribution in [0.4, 0.5) is 10.5 Å². The molecule has 0 atom stereocenters. The van der Waals surface area contributed by atoms with Crippen LogP contribution < -0.4 is 10.6 Å². The number of hydrogen-bond donors (Lipinski definition) is 3. The average molecular weight is 363 g/mol. The number of nitrogens with one attached hydrogen (secondary N) is 2. The first kappa shape index (κ1) is 17.3. The van der Waals surface area contributed by atoms with Crippen molar-refractivity contribution in [2.24, 2.45) is 5.92 Å². The van der Waals surface area contributed by atoms with Crippen LogP contribution in [-0.4, -0.2) is 32.9 Å².